The number of rotatable bonds is 2. The minimum absolute atomic E-state index is 0.406. The molecule has 13 heavy (non-hydrogen) atoms. The van der Waals surface area contributed by atoms with E-state index < -0.39 is 0 Å². The first-order chi connectivity index (χ1) is 6.20. The molecule has 0 heterocycles. The lowest BCUT2D eigenvalue weighted by atomic mass is 10.1. The molecule has 0 radical (unpaired) electrons. The van der Waals surface area contributed by atoms with E-state index >= 15 is 0 Å². The SMILES string of the molecule is COc1ccc(C)c(CC#N)c1Br. The Bertz CT molecular complexity index is 355. The van der Waals surface area contributed by atoms with Crippen LogP contribution >= 0.6 is 15.9 Å². The van der Waals surface area contributed by atoms with Crippen LogP contribution in [0.2, 0.25) is 0 Å². The van der Waals surface area contributed by atoms with Crippen LogP contribution in [0, 0.1) is 18.3 Å². The van der Waals surface area contributed by atoms with Gasteiger partial charge in [-0.15, -0.1) is 0 Å². The Labute approximate surface area is 86.3 Å². The maximum atomic E-state index is 8.62. The first-order valence-corrected chi connectivity index (χ1v) is 4.69. The van der Waals surface area contributed by atoms with Crippen molar-refractivity contribution < 1.29 is 4.74 Å². The van der Waals surface area contributed by atoms with Gasteiger partial charge in [-0.05, 0) is 40.0 Å². The van der Waals surface area contributed by atoms with E-state index in [1.165, 1.54) is 0 Å². The molecule has 0 aliphatic rings. The molecular formula is C10H10BrNO. The van der Waals surface area contributed by atoms with Gasteiger partial charge in [0.25, 0.3) is 0 Å². The summed E-state index contributed by atoms with van der Waals surface area (Å²) < 4.78 is 6.02. The minimum atomic E-state index is 0.406. The van der Waals surface area contributed by atoms with Gasteiger partial charge >= 0.3 is 0 Å². The van der Waals surface area contributed by atoms with E-state index in [1.807, 2.05) is 19.1 Å². The highest BCUT2D eigenvalue weighted by atomic mass is 79.9. The van der Waals surface area contributed by atoms with Crippen LogP contribution in [0.1, 0.15) is 11.1 Å². The highest BCUT2D eigenvalue weighted by Crippen LogP contribution is 2.30. The molecule has 2 nitrogen and oxygen atoms in total. The molecule has 1 aromatic carbocycles. The fourth-order valence-electron chi connectivity index (χ4n) is 1.15. The molecule has 0 aliphatic carbocycles. The van der Waals surface area contributed by atoms with Crippen molar-refractivity contribution in [3.63, 3.8) is 0 Å². The van der Waals surface area contributed by atoms with Gasteiger partial charge in [-0.3, -0.25) is 0 Å². The number of hydrogen-bond acceptors (Lipinski definition) is 2. The number of benzene rings is 1. The first kappa shape index (κ1) is 10.1. The topological polar surface area (TPSA) is 33.0 Å². The second-order valence-electron chi connectivity index (χ2n) is 2.71. The Balaban J connectivity index is 3.23. The normalized spacial score (nSPS) is 9.38. The summed E-state index contributed by atoms with van der Waals surface area (Å²) >= 11 is 3.42. The third kappa shape index (κ3) is 2.02. The summed E-state index contributed by atoms with van der Waals surface area (Å²) in [6.45, 7) is 1.98. The van der Waals surface area contributed by atoms with Crippen molar-refractivity contribution in [2.45, 2.75) is 13.3 Å². The molecule has 0 fully saturated rings. The van der Waals surface area contributed by atoms with Gasteiger partial charge in [-0.2, -0.15) is 5.26 Å². The average molecular weight is 240 g/mol. The second-order valence-corrected chi connectivity index (χ2v) is 3.51. The Morgan fingerprint density at radius 2 is 2.23 bits per heavy atom. The van der Waals surface area contributed by atoms with E-state index in [2.05, 4.69) is 22.0 Å². The zero-order chi connectivity index (χ0) is 9.84. The lowest BCUT2D eigenvalue weighted by Crippen LogP contribution is -1.93. The number of halogens is 1. The molecule has 0 bridgehead atoms. The summed E-state index contributed by atoms with van der Waals surface area (Å²) in [5.74, 6) is 0.774. The van der Waals surface area contributed by atoms with E-state index in [0.29, 0.717) is 6.42 Å². The van der Waals surface area contributed by atoms with Gasteiger partial charge in [0.2, 0.25) is 0 Å². The fourth-order valence-corrected chi connectivity index (χ4v) is 1.90. The van der Waals surface area contributed by atoms with Gasteiger partial charge < -0.3 is 4.74 Å². The molecule has 1 rings (SSSR count). The summed E-state index contributed by atoms with van der Waals surface area (Å²) in [7, 11) is 1.62. The Morgan fingerprint density at radius 3 is 2.77 bits per heavy atom. The molecule has 68 valence electrons. The van der Waals surface area contributed by atoms with Gasteiger partial charge in [0.1, 0.15) is 5.75 Å². The fraction of sp³-hybridized carbons (Fsp3) is 0.300. The number of nitriles is 1. The van der Waals surface area contributed by atoms with Crippen LogP contribution in [-0.4, -0.2) is 7.11 Å². The van der Waals surface area contributed by atoms with Crippen molar-refractivity contribution in [2.75, 3.05) is 7.11 Å². The summed E-state index contributed by atoms with van der Waals surface area (Å²) in [4.78, 5) is 0. The van der Waals surface area contributed by atoms with Gasteiger partial charge in [0, 0.05) is 0 Å². The number of aryl methyl sites for hydroxylation is 1. The lowest BCUT2D eigenvalue weighted by Gasteiger charge is -2.09. The van der Waals surface area contributed by atoms with E-state index in [-0.39, 0.29) is 0 Å². The van der Waals surface area contributed by atoms with E-state index in [1.54, 1.807) is 7.11 Å². The van der Waals surface area contributed by atoms with Crippen molar-refractivity contribution in [2.24, 2.45) is 0 Å². The van der Waals surface area contributed by atoms with E-state index in [0.717, 1.165) is 21.3 Å². The van der Waals surface area contributed by atoms with Crippen LogP contribution in [0.5, 0.6) is 5.75 Å². The summed E-state index contributed by atoms with van der Waals surface area (Å²) in [5, 5.41) is 8.62. The third-order valence-electron chi connectivity index (χ3n) is 1.92. The average Bonchev–Trinajstić information content (AvgIpc) is 2.12. The first-order valence-electron chi connectivity index (χ1n) is 3.89. The van der Waals surface area contributed by atoms with Crippen molar-refractivity contribution >= 4 is 15.9 Å². The van der Waals surface area contributed by atoms with E-state index in [9.17, 15) is 0 Å². The smallest absolute Gasteiger partial charge is 0.133 e. The van der Waals surface area contributed by atoms with Gasteiger partial charge in [0.15, 0.2) is 0 Å². The Kier molecular flexibility index (Phi) is 3.32. The molecule has 0 saturated carbocycles. The Hall–Kier alpha value is -1.01. The molecule has 1 aromatic rings. The minimum Gasteiger partial charge on any atom is -0.496 e. The van der Waals surface area contributed by atoms with Crippen molar-refractivity contribution in [3.8, 4) is 11.8 Å². The van der Waals surface area contributed by atoms with Crippen LogP contribution in [-0.2, 0) is 6.42 Å². The summed E-state index contributed by atoms with van der Waals surface area (Å²) in [6, 6.07) is 5.98. The predicted octanol–water partition coefficient (Wildman–Crippen LogP) is 2.83. The van der Waals surface area contributed by atoms with Crippen LogP contribution < -0.4 is 4.74 Å². The number of methoxy groups -OCH3 is 1. The number of nitrogens with zero attached hydrogens (tertiary/aromatic N) is 1. The molecule has 0 unspecified atom stereocenters. The second kappa shape index (κ2) is 4.29. The highest BCUT2D eigenvalue weighted by Gasteiger charge is 2.08. The number of hydrogen-bond donors (Lipinski definition) is 0. The lowest BCUT2D eigenvalue weighted by molar-refractivity contribution is 0.411. The highest BCUT2D eigenvalue weighted by molar-refractivity contribution is 9.10. The summed E-state index contributed by atoms with van der Waals surface area (Å²) in [6.07, 6.45) is 0.406. The zero-order valence-electron chi connectivity index (χ0n) is 7.60. The largest absolute Gasteiger partial charge is 0.496 e. The zero-order valence-corrected chi connectivity index (χ0v) is 9.18. The molecular weight excluding hydrogens is 230 g/mol. The quantitative estimate of drug-likeness (QED) is 0.796. The standard InChI is InChI=1S/C10H10BrNO/c1-7-3-4-9(13-2)10(11)8(7)5-6-12/h3-4H,5H2,1-2H3. The van der Waals surface area contributed by atoms with Crippen LogP contribution in [0.15, 0.2) is 16.6 Å². The summed E-state index contributed by atoms with van der Waals surface area (Å²) in [5.41, 5.74) is 2.11. The molecule has 0 spiro atoms. The van der Waals surface area contributed by atoms with Crippen molar-refractivity contribution in [1.29, 1.82) is 5.26 Å². The van der Waals surface area contributed by atoms with Crippen LogP contribution in [0.3, 0.4) is 0 Å². The van der Waals surface area contributed by atoms with Crippen molar-refractivity contribution in [3.05, 3.63) is 27.7 Å². The van der Waals surface area contributed by atoms with Crippen molar-refractivity contribution in [1.82, 2.24) is 0 Å². The van der Waals surface area contributed by atoms with E-state index in [4.69, 9.17) is 10.00 Å². The Morgan fingerprint density at radius 1 is 1.54 bits per heavy atom. The molecule has 0 amide bonds. The molecule has 0 aliphatic heterocycles. The third-order valence-corrected chi connectivity index (χ3v) is 2.79. The molecule has 3 heteroatoms. The molecule has 0 atom stereocenters. The molecule has 0 saturated heterocycles. The van der Waals surface area contributed by atoms with Gasteiger partial charge in [0.05, 0.1) is 24.1 Å². The molecule has 0 N–H and O–H groups in total. The van der Waals surface area contributed by atoms with Crippen LogP contribution in [0.4, 0.5) is 0 Å². The maximum Gasteiger partial charge on any atom is 0.133 e. The van der Waals surface area contributed by atoms with Gasteiger partial charge in [-0.25, -0.2) is 0 Å². The van der Waals surface area contributed by atoms with Crippen LogP contribution in [0.25, 0.3) is 0 Å². The maximum absolute atomic E-state index is 8.62. The molecule has 0 aromatic heterocycles. The predicted molar refractivity (Wildman–Crippen MR) is 54.7 cm³/mol. The monoisotopic (exact) mass is 239 g/mol. The van der Waals surface area contributed by atoms with Gasteiger partial charge in [-0.1, -0.05) is 6.07 Å². The number of ether oxygens (including phenoxy) is 1.